The van der Waals surface area contributed by atoms with Gasteiger partial charge in [-0.05, 0) is 31.7 Å². The molecule has 0 unspecified atom stereocenters. The molecule has 9 heteroatoms. The molecule has 1 N–H and O–H groups in total. The van der Waals surface area contributed by atoms with Crippen molar-refractivity contribution in [2.24, 2.45) is 0 Å². The topological polar surface area (TPSA) is 91.3 Å². The molecule has 8 nitrogen and oxygen atoms in total. The van der Waals surface area contributed by atoms with E-state index in [-0.39, 0.29) is 12.3 Å². The number of piperidine rings is 1. The minimum absolute atomic E-state index is 0.0401. The molecular weight excluding hydrogens is 376 g/mol. The van der Waals surface area contributed by atoms with Crippen molar-refractivity contribution in [1.82, 2.24) is 19.7 Å². The Kier molecular flexibility index (Phi) is 6.46. The van der Waals surface area contributed by atoms with Gasteiger partial charge in [-0.2, -0.15) is 15.0 Å². The third-order valence-electron chi connectivity index (χ3n) is 4.62. The minimum Gasteiger partial charge on any atom is -0.347 e. The molecule has 1 fully saturated rings. The van der Waals surface area contributed by atoms with E-state index in [1.54, 1.807) is 4.90 Å². The van der Waals surface area contributed by atoms with E-state index in [0.717, 1.165) is 37.1 Å². The van der Waals surface area contributed by atoms with E-state index >= 15 is 0 Å². The van der Waals surface area contributed by atoms with Gasteiger partial charge in [-0.25, -0.2) is 13.1 Å². The molecule has 2 aromatic rings. The molecule has 152 valence electrons. The molecule has 3 rings (SSSR count). The first-order chi connectivity index (χ1) is 13.3. The van der Waals surface area contributed by atoms with E-state index in [1.807, 2.05) is 45.3 Å². The highest BCUT2D eigenvalue weighted by molar-refractivity contribution is 7.88. The maximum Gasteiger partial charge on any atom is 0.230 e. The molecule has 1 aliphatic heterocycles. The average Bonchev–Trinajstić information content (AvgIpc) is 2.68. The summed E-state index contributed by atoms with van der Waals surface area (Å²) in [5, 5.41) is 0. The lowest BCUT2D eigenvalue weighted by atomic mass is 10.1. The molecule has 28 heavy (non-hydrogen) atoms. The number of nitrogens with zero attached hydrogens (tertiary/aromatic N) is 5. The van der Waals surface area contributed by atoms with Gasteiger partial charge < -0.3 is 9.80 Å². The van der Waals surface area contributed by atoms with Crippen LogP contribution in [0.3, 0.4) is 0 Å². The number of benzene rings is 1. The van der Waals surface area contributed by atoms with Crippen LogP contribution in [0, 0.1) is 6.92 Å². The molecule has 1 aromatic heterocycles. The van der Waals surface area contributed by atoms with E-state index in [1.165, 1.54) is 6.42 Å². The van der Waals surface area contributed by atoms with Crippen LogP contribution in [0.2, 0.25) is 0 Å². The zero-order chi connectivity index (χ0) is 20.1. The highest BCUT2D eigenvalue weighted by Gasteiger charge is 2.18. The van der Waals surface area contributed by atoms with Crippen molar-refractivity contribution in [3.63, 3.8) is 0 Å². The molecule has 0 radical (unpaired) electrons. The molecule has 1 aromatic carbocycles. The number of anilines is 2. The summed E-state index contributed by atoms with van der Waals surface area (Å²) in [5.41, 5.74) is 1.84. The molecule has 0 bridgehead atoms. The largest absolute Gasteiger partial charge is 0.347 e. The summed E-state index contributed by atoms with van der Waals surface area (Å²) in [4.78, 5) is 17.4. The predicted molar refractivity (Wildman–Crippen MR) is 111 cm³/mol. The summed E-state index contributed by atoms with van der Waals surface area (Å²) >= 11 is 0. The Morgan fingerprint density at radius 1 is 1.04 bits per heavy atom. The van der Waals surface area contributed by atoms with Crippen LogP contribution >= 0.6 is 0 Å². The van der Waals surface area contributed by atoms with Crippen molar-refractivity contribution in [3.8, 4) is 0 Å². The van der Waals surface area contributed by atoms with Crippen molar-refractivity contribution < 1.29 is 8.42 Å². The highest BCUT2D eigenvalue weighted by Crippen LogP contribution is 2.18. The van der Waals surface area contributed by atoms with Crippen LogP contribution in [0.25, 0.3) is 0 Å². The normalized spacial score (nSPS) is 14.9. The van der Waals surface area contributed by atoms with Gasteiger partial charge in [0.15, 0.2) is 5.82 Å². The fraction of sp³-hybridized carbons (Fsp3) is 0.526. The first kappa shape index (κ1) is 20.5. The number of aromatic nitrogens is 3. The third kappa shape index (κ3) is 5.62. The van der Waals surface area contributed by atoms with Crippen molar-refractivity contribution >= 4 is 21.9 Å². The first-order valence-corrected chi connectivity index (χ1v) is 11.2. The monoisotopic (exact) mass is 404 g/mol. The van der Waals surface area contributed by atoms with Gasteiger partial charge in [0.05, 0.1) is 12.3 Å². The van der Waals surface area contributed by atoms with Gasteiger partial charge >= 0.3 is 0 Å². The lowest BCUT2D eigenvalue weighted by Crippen LogP contribution is -2.33. The number of sulfonamides is 1. The molecule has 0 amide bonds. The number of aryl methyl sites for hydroxylation is 1. The van der Waals surface area contributed by atoms with Crippen LogP contribution in [0.4, 0.5) is 11.9 Å². The standard InChI is InChI=1S/C19H28N6O2S/c1-15-7-9-16(10-8-15)14-28(26,27)20-13-17-21-18(24(2)3)23-19(22-17)25-11-5-4-6-12-25/h7-10,20H,4-6,11-14H2,1-3H3. The van der Waals surface area contributed by atoms with Gasteiger partial charge in [-0.1, -0.05) is 29.8 Å². The highest BCUT2D eigenvalue weighted by atomic mass is 32.2. The Balaban J connectivity index is 1.73. The second-order valence-corrected chi connectivity index (χ2v) is 9.17. The number of rotatable bonds is 7. The Morgan fingerprint density at radius 2 is 1.71 bits per heavy atom. The summed E-state index contributed by atoms with van der Waals surface area (Å²) in [6.07, 6.45) is 3.44. The van der Waals surface area contributed by atoms with Crippen molar-refractivity contribution in [2.45, 2.75) is 38.5 Å². The van der Waals surface area contributed by atoms with E-state index in [9.17, 15) is 8.42 Å². The van der Waals surface area contributed by atoms with Gasteiger partial charge in [-0.3, -0.25) is 0 Å². The zero-order valence-corrected chi connectivity index (χ0v) is 17.5. The average molecular weight is 405 g/mol. The molecule has 1 aliphatic rings. The second kappa shape index (κ2) is 8.83. The molecule has 1 saturated heterocycles. The summed E-state index contributed by atoms with van der Waals surface area (Å²) in [6, 6.07) is 7.47. The van der Waals surface area contributed by atoms with Gasteiger partial charge in [-0.15, -0.1) is 0 Å². The number of hydrogen-bond donors (Lipinski definition) is 1. The predicted octanol–water partition coefficient (Wildman–Crippen LogP) is 1.86. The molecular formula is C19H28N6O2S. The van der Waals surface area contributed by atoms with Gasteiger partial charge in [0, 0.05) is 27.2 Å². The van der Waals surface area contributed by atoms with E-state index in [2.05, 4.69) is 24.6 Å². The van der Waals surface area contributed by atoms with Crippen LogP contribution < -0.4 is 14.5 Å². The van der Waals surface area contributed by atoms with E-state index < -0.39 is 10.0 Å². The number of nitrogens with one attached hydrogen (secondary N) is 1. The maximum atomic E-state index is 12.5. The Hall–Kier alpha value is -2.26. The second-order valence-electron chi connectivity index (χ2n) is 7.36. The molecule has 0 saturated carbocycles. The lowest BCUT2D eigenvalue weighted by Gasteiger charge is -2.27. The van der Waals surface area contributed by atoms with Gasteiger partial charge in [0.2, 0.25) is 21.9 Å². The van der Waals surface area contributed by atoms with Gasteiger partial charge in [0.25, 0.3) is 0 Å². The van der Waals surface area contributed by atoms with E-state index in [4.69, 9.17) is 0 Å². The fourth-order valence-electron chi connectivity index (χ4n) is 3.04. The van der Waals surface area contributed by atoms with Crippen molar-refractivity contribution in [1.29, 1.82) is 0 Å². The van der Waals surface area contributed by atoms with E-state index in [0.29, 0.717) is 17.7 Å². The molecule has 0 spiro atoms. The van der Waals surface area contributed by atoms with Crippen LogP contribution in [0.5, 0.6) is 0 Å². The fourth-order valence-corrected chi connectivity index (χ4v) is 4.12. The summed E-state index contributed by atoms with van der Waals surface area (Å²) in [5.74, 6) is 1.50. The van der Waals surface area contributed by atoms with Crippen LogP contribution in [0.1, 0.15) is 36.2 Å². The Morgan fingerprint density at radius 3 is 2.36 bits per heavy atom. The Bertz CT molecular complexity index is 893. The smallest absolute Gasteiger partial charge is 0.230 e. The van der Waals surface area contributed by atoms with Crippen LogP contribution in [-0.4, -0.2) is 50.6 Å². The minimum atomic E-state index is -3.49. The molecule has 0 atom stereocenters. The van der Waals surface area contributed by atoms with Gasteiger partial charge in [0.1, 0.15) is 0 Å². The lowest BCUT2D eigenvalue weighted by molar-refractivity contribution is 0.563. The number of hydrogen-bond acceptors (Lipinski definition) is 7. The van der Waals surface area contributed by atoms with Crippen molar-refractivity contribution in [2.75, 3.05) is 37.0 Å². The maximum absolute atomic E-state index is 12.5. The summed E-state index contributed by atoms with van der Waals surface area (Å²) in [7, 11) is 0.229. The van der Waals surface area contributed by atoms with Crippen LogP contribution in [-0.2, 0) is 22.3 Å². The molecule has 2 heterocycles. The SMILES string of the molecule is Cc1ccc(CS(=O)(=O)NCc2nc(N(C)C)nc(N3CCCCC3)n2)cc1. The third-order valence-corrected chi connectivity index (χ3v) is 5.92. The summed E-state index contributed by atoms with van der Waals surface area (Å²) < 4.78 is 27.5. The quantitative estimate of drug-likeness (QED) is 0.753. The zero-order valence-electron chi connectivity index (χ0n) is 16.7. The first-order valence-electron chi connectivity index (χ1n) is 9.52. The summed E-state index contributed by atoms with van der Waals surface area (Å²) in [6.45, 7) is 3.84. The molecule has 0 aliphatic carbocycles. The van der Waals surface area contributed by atoms with Crippen LogP contribution in [0.15, 0.2) is 24.3 Å². The van der Waals surface area contributed by atoms with Crippen molar-refractivity contribution in [3.05, 3.63) is 41.2 Å². The Labute approximate surface area is 167 Å².